The fourth-order valence-corrected chi connectivity index (χ4v) is 3.92. The first kappa shape index (κ1) is 14.8. The van der Waals surface area contributed by atoms with Crippen molar-refractivity contribution in [2.45, 2.75) is 50.2 Å². The van der Waals surface area contributed by atoms with Gasteiger partial charge in [0.25, 0.3) is 0 Å². The Bertz CT molecular complexity index is 500. The van der Waals surface area contributed by atoms with Gasteiger partial charge in [-0.3, -0.25) is 0 Å². The molecule has 3 rings (SSSR count). The van der Waals surface area contributed by atoms with Gasteiger partial charge in [-0.05, 0) is 37.8 Å². The Labute approximate surface area is 134 Å². The smallest absolute Gasteiger partial charge is 0.0756 e. The molecule has 1 atom stereocenters. The number of hydrogen-bond donors (Lipinski definition) is 1. The van der Waals surface area contributed by atoms with Gasteiger partial charge >= 0.3 is 0 Å². The molecule has 1 spiro atoms. The Balaban J connectivity index is 1.59. The van der Waals surface area contributed by atoms with Crippen molar-refractivity contribution in [1.29, 1.82) is 0 Å². The highest BCUT2D eigenvalue weighted by atomic mass is 35.5. The van der Waals surface area contributed by atoms with E-state index < -0.39 is 0 Å². The highest BCUT2D eigenvalue weighted by Crippen LogP contribution is 2.43. The van der Waals surface area contributed by atoms with Gasteiger partial charge in [0, 0.05) is 6.54 Å². The zero-order chi connectivity index (χ0) is 14.2. The lowest BCUT2D eigenvalue weighted by Gasteiger charge is -2.24. The molecule has 2 nitrogen and oxygen atoms in total. The highest BCUT2D eigenvalue weighted by Gasteiger charge is 2.41. The fourth-order valence-electron chi connectivity index (χ4n) is 3.31. The van der Waals surface area contributed by atoms with Crippen LogP contribution in [0.25, 0.3) is 0 Å². The molecule has 1 saturated carbocycles. The topological polar surface area (TPSA) is 21.3 Å². The minimum absolute atomic E-state index is 0.174. The van der Waals surface area contributed by atoms with Gasteiger partial charge in [-0.15, -0.1) is 0 Å². The molecule has 0 radical (unpaired) electrons. The molecule has 1 aromatic rings. The molecule has 2 aliphatic rings. The third-order valence-electron chi connectivity index (χ3n) is 4.38. The van der Waals surface area contributed by atoms with Crippen molar-refractivity contribution in [3.8, 4) is 0 Å². The third-order valence-corrected chi connectivity index (χ3v) is 5.42. The Kier molecular flexibility index (Phi) is 4.37. The molecule has 0 amide bonds. The number of hydrogen-bond acceptors (Lipinski definition) is 2. The van der Waals surface area contributed by atoms with Crippen LogP contribution >= 0.6 is 34.8 Å². The maximum Gasteiger partial charge on any atom is 0.0756 e. The first-order chi connectivity index (χ1) is 9.58. The van der Waals surface area contributed by atoms with Crippen LogP contribution in [0.3, 0.4) is 0 Å². The Morgan fingerprint density at radius 1 is 1.05 bits per heavy atom. The number of anilines is 1. The minimum atomic E-state index is 0.174. The van der Waals surface area contributed by atoms with Crippen molar-refractivity contribution in [3.05, 3.63) is 27.2 Å². The summed E-state index contributed by atoms with van der Waals surface area (Å²) in [7, 11) is 0. The SMILES string of the molecule is Clc1cc(Cl)c(NCC2CCC3(CCCC3)O2)cc1Cl. The van der Waals surface area contributed by atoms with Crippen LogP contribution in [0.2, 0.25) is 15.1 Å². The second-order valence-corrected chi connectivity index (χ2v) is 7.02. The first-order valence-corrected chi connectivity index (χ1v) is 8.28. The van der Waals surface area contributed by atoms with E-state index in [2.05, 4.69) is 5.32 Å². The fraction of sp³-hybridized carbons (Fsp3) is 0.600. The number of ether oxygens (including phenoxy) is 1. The number of halogens is 3. The molecule has 1 saturated heterocycles. The van der Waals surface area contributed by atoms with Crippen molar-refractivity contribution in [3.63, 3.8) is 0 Å². The van der Waals surface area contributed by atoms with Crippen LogP contribution in [0.1, 0.15) is 38.5 Å². The van der Waals surface area contributed by atoms with Crippen molar-refractivity contribution in [2.75, 3.05) is 11.9 Å². The van der Waals surface area contributed by atoms with E-state index in [1.54, 1.807) is 12.1 Å². The molecule has 5 heteroatoms. The van der Waals surface area contributed by atoms with E-state index in [-0.39, 0.29) is 11.7 Å². The standard InChI is InChI=1S/C15H18Cl3NO/c16-11-7-13(18)14(8-12(11)17)19-9-10-3-6-15(20-10)4-1-2-5-15/h7-8,10,19H,1-6,9H2. The predicted octanol–water partition coefficient (Wildman–Crippen LogP) is 5.55. The number of nitrogens with one attached hydrogen (secondary N) is 1. The molecular weight excluding hydrogens is 317 g/mol. The van der Waals surface area contributed by atoms with Gasteiger partial charge in [0.2, 0.25) is 0 Å². The largest absolute Gasteiger partial charge is 0.381 e. The maximum atomic E-state index is 6.26. The van der Waals surface area contributed by atoms with Gasteiger partial charge in [-0.25, -0.2) is 0 Å². The van der Waals surface area contributed by atoms with Crippen LogP contribution < -0.4 is 5.32 Å². The lowest BCUT2D eigenvalue weighted by molar-refractivity contribution is -0.0307. The molecule has 1 N–H and O–H groups in total. The van der Waals surface area contributed by atoms with Crippen molar-refractivity contribution in [1.82, 2.24) is 0 Å². The molecule has 1 heterocycles. The monoisotopic (exact) mass is 333 g/mol. The summed E-state index contributed by atoms with van der Waals surface area (Å²) in [5, 5.41) is 4.91. The lowest BCUT2D eigenvalue weighted by atomic mass is 9.98. The predicted molar refractivity (Wildman–Crippen MR) is 85.3 cm³/mol. The summed E-state index contributed by atoms with van der Waals surface area (Å²) in [5.74, 6) is 0. The van der Waals surface area contributed by atoms with E-state index in [1.807, 2.05) is 0 Å². The van der Waals surface area contributed by atoms with E-state index in [9.17, 15) is 0 Å². The maximum absolute atomic E-state index is 6.26. The number of rotatable bonds is 3. The molecule has 0 bridgehead atoms. The Morgan fingerprint density at radius 3 is 2.50 bits per heavy atom. The molecular formula is C15H18Cl3NO. The Hall–Kier alpha value is -0.150. The normalized spacial score (nSPS) is 24.4. The van der Waals surface area contributed by atoms with E-state index in [0.29, 0.717) is 15.1 Å². The summed E-state index contributed by atoms with van der Waals surface area (Å²) in [5.41, 5.74) is 0.991. The van der Waals surface area contributed by atoms with Crippen LogP contribution in [0.5, 0.6) is 0 Å². The van der Waals surface area contributed by atoms with Crippen LogP contribution in [0.15, 0.2) is 12.1 Å². The van der Waals surface area contributed by atoms with Crippen LogP contribution in [-0.2, 0) is 4.74 Å². The molecule has 1 aliphatic carbocycles. The highest BCUT2D eigenvalue weighted by molar-refractivity contribution is 6.44. The van der Waals surface area contributed by atoms with Crippen molar-refractivity contribution >= 4 is 40.5 Å². The van der Waals surface area contributed by atoms with Gasteiger partial charge in [0.1, 0.15) is 0 Å². The summed E-state index contributed by atoms with van der Waals surface area (Å²) in [6.07, 6.45) is 7.62. The average Bonchev–Trinajstić information content (AvgIpc) is 3.03. The molecule has 0 aromatic heterocycles. The summed E-state index contributed by atoms with van der Waals surface area (Å²) in [6.45, 7) is 0.763. The van der Waals surface area contributed by atoms with E-state index in [4.69, 9.17) is 39.5 Å². The van der Waals surface area contributed by atoms with Crippen LogP contribution in [0.4, 0.5) is 5.69 Å². The quantitative estimate of drug-likeness (QED) is 0.732. The van der Waals surface area contributed by atoms with Crippen molar-refractivity contribution in [2.24, 2.45) is 0 Å². The van der Waals surface area contributed by atoms with Gasteiger partial charge in [-0.2, -0.15) is 0 Å². The van der Waals surface area contributed by atoms with Crippen molar-refractivity contribution < 1.29 is 4.74 Å². The lowest BCUT2D eigenvalue weighted by Crippen LogP contribution is -2.27. The Morgan fingerprint density at radius 2 is 1.75 bits per heavy atom. The third kappa shape index (κ3) is 3.04. The van der Waals surface area contributed by atoms with Crippen LogP contribution in [-0.4, -0.2) is 18.2 Å². The summed E-state index contributed by atoms with van der Waals surface area (Å²) in [4.78, 5) is 0. The molecule has 1 aromatic carbocycles. The van der Waals surface area contributed by atoms with Gasteiger partial charge in [0.05, 0.1) is 32.5 Å². The zero-order valence-corrected chi connectivity index (χ0v) is 13.5. The molecule has 2 fully saturated rings. The summed E-state index contributed by atoms with van der Waals surface area (Å²) in [6, 6.07) is 3.44. The molecule has 110 valence electrons. The van der Waals surface area contributed by atoms with E-state index in [0.717, 1.165) is 18.7 Å². The van der Waals surface area contributed by atoms with Crippen LogP contribution in [0, 0.1) is 0 Å². The second-order valence-electron chi connectivity index (χ2n) is 5.80. The second kappa shape index (κ2) is 5.92. The van der Waals surface area contributed by atoms with E-state index >= 15 is 0 Å². The van der Waals surface area contributed by atoms with E-state index in [1.165, 1.54) is 32.1 Å². The van der Waals surface area contributed by atoms with Gasteiger partial charge in [0.15, 0.2) is 0 Å². The van der Waals surface area contributed by atoms with Gasteiger partial charge in [-0.1, -0.05) is 47.6 Å². The first-order valence-electron chi connectivity index (χ1n) is 7.14. The van der Waals surface area contributed by atoms with Gasteiger partial charge < -0.3 is 10.1 Å². The minimum Gasteiger partial charge on any atom is -0.381 e. The zero-order valence-electron chi connectivity index (χ0n) is 11.2. The summed E-state index contributed by atoms with van der Waals surface area (Å²) < 4.78 is 6.26. The number of benzene rings is 1. The molecule has 1 unspecified atom stereocenters. The average molecular weight is 335 g/mol. The molecule has 1 aliphatic heterocycles. The molecule has 20 heavy (non-hydrogen) atoms. The summed E-state index contributed by atoms with van der Waals surface area (Å²) >= 11 is 18.1.